The lowest BCUT2D eigenvalue weighted by Crippen LogP contribution is -2.32. The van der Waals surface area contributed by atoms with Gasteiger partial charge in [0, 0.05) is 32.8 Å². The highest BCUT2D eigenvalue weighted by molar-refractivity contribution is 7.11. The Balaban J connectivity index is 1.80. The Morgan fingerprint density at radius 2 is 2.00 bits per heavy atom. The smallest absolute Gasteiger partial charge is 0.357 e. The molecule has 0 radical (unpaired) electrons. The fraction of sp³-hybridized carbons (Fsp3) is 0.375. The number of rotatable bonds is 10. The molecule has 176 valence electrons. The molecule has 9 heteroatoms. The quantitative estimate of drug-likeness (QED) is 0.405. The summed E-state index contributed by atoms with van der Waals surface area (Å²) < 4.78 is 10.3. The van der Waals surface area contributed by atoms with Gasteiger partial charge in [0.05, 0.1) is 20.3 Å². The fourth-order valence-electron chi connectivity index (χ4n) is 3.35. The third kappa shape index (κ3) is 6.33. The number of hydrogen-bond donors (Lipinski definition) is 1. The minimum absolute atomic E-state index is 0.00515. The molecule has 0 atom stereocenters. The number of carbonyl (C=O) groups excluding carboxylic acids is 2. The highest BCUT2D eigenvalue weighted by Gasteiger charge is 2.21. The largest absolute Gasteiger partial charge is 0.508 e. The van der Waals surface area contributed by atoms with Crippen LogP contribution in [0.4, 0.5) is 0 Å². The monoisotopic (exact) mass is 488 g/mol. The molecule has 7 nitrogen and oxygen atoms in total. The molecule has 2 heterocycles. The predicted octanol–water partition coefficient (Wildman–Crippen LogP) is 4.99. The van der Waals surface area contributed by atoms with Crippen molar-refractivity contribution in [2.75, 3.05) is 20.3 Å². The maximum absolute atomic E-state index is 13.4. The van der Waals surface area contributed by atoms with Crippen LogP contribution in [0.5, 0.6) is 11.5 Å². The second-order valence-corrected chi connectivity index (χ2v) is 9.83. The SMILES string of the molecule is CCOC(=O)c1csc(CN(CCCc2ccc(C)s2)C(=O)c2cc(O)c(C)c(OC)c2)n1. The summed E-state index contributed by atoms with van der Waals surface area (Å²) in [6.07, 6.45) is 1.63. The Kier molecular flexibility index (Phi) is 8.46. The summed E-state index contributed by atoms with van der Waals surface area (Å²) in [5.74, 6) is -0.255. The Bertz CT molecular complexity index is 1120. The van der Waals surface area contributed by atoms with E-state index in [9.17, 15) is 14.7 Å². The number of hydrogen-bond acceptors (Lipinski definition) is 8. The van der Waals surface area contributed by atoms with Crippen molar-refractivity contribution in [1.29, 1.82) is 0 Å². The molecular formula is C24H28N2O5S2. The van der Waals surface area contributed by atoms with Gasteiger partial charge in [0.25, 0.3) is 5.91 Å². The standard InChI is InChI=1S/C24H28N2O5S2/c1-5-31-24(29)19-14-32-22(25-19)13-26(10-6-7-18-9-8-15(2)33-18)23(28)17-11-20(27)16(3)21(12-17)30-4/h8-9,11-12,14,27H,5-7,10,13H2,1-4H3. The minimum atomic E-state index is -0.473. The Hall–Kier alpha value is -2.91. The first kappa shape index (κ1) is 24.7. The van der Waals surface area contributed by atoms with Crippen LogP contribution < -0.4 is 4.74 Å². The van der Waals surface area contributed by atoms with Gasteiger partial charge in [-0.2, -0.15) is 0 Å². The number of phenolic OH excluding ortho intramolecular Hbond substituents is 1. The summed E-state index contributed by atoms with van der Waals surface area (Å²) in [7, 11) is 1.50. The number of amides is 1. The zero-order valence-electron chi connectivity index (χ0n) is 19.2. The number of phenols is 1. The molecule has 0 unspecified atom stereocenters. The van der Waals surface area contributed by atoms with Gasteiger partial charge in [-0.3, -0.25) is 4.79 Å². The van der Waals surface area contributed by atoms with Gasteiger partial charge in [-0.25, -0.2) is 9.78 Å². The minimum Gasteiger partial charge on any atom is -0.508 e. The van der Waals surface area contributed by atoms with E-state index in [1.807, 2.05) is 0 Å². The fourth-order valence-corrected chi connectivity index (χ4v) is 5.06. The Morgan fingerprint density at radius 3 is 2.67 bits per heavy atom. The first-order valence-electron chi connectivity index (χ1n) is 10.7. The third-order valence-electron chi connectivity index (χ3n) is 5.10. The average molecular weight is 489 g/mol. The van der Waals surface area contributed by atoms with Crippen LogP contribution in [0, 0.1) is 13.8 Å². The summed E-state index contributed by atoms with van der Waals surface area (Å²) in [5.41, 5.74) is 1.16. The van der Waals surface area contributed by atoms with Crippen LogP contribution >= 0.6 is 22.7 Å². The topological polar surface area (TPSA) is 89.0 Å². The average Bonchev–Trinajstić information content (AvgIpc) is 3.43. The maximum Gasteiger partial charge on any atom is 0.357 e. The van der Waals surface area contributed by atoms with Crippen LogP contribution in [0.25, 0.3) is 0 Å². The summed E-state index contributed by atoms with van der Waals surface area (Å²) in [6.45, 7) is 6.58. The molecule has 2 aromatic heterocycles. The molecule has 0 bridgehead atoms. The number of thiophene rings is 1. The third-order valence-corrected chi connectivity index (χ3v) is 6.99. The van der Waals surface area contributed by atoms with E-state index in [-0.39, 0.29) is 30.5 Å². The molecule has 3 rings (SSSR count). The van der Waals surface area contributed by atoms with Crippen LogP contribution in [-0.2, 0) is 17.7 Å². The van der Waals surface area contributed by atoms with Crippen LogP contribution in [0.2, 0.25) is 0 Å². The Labute approximate surface area is 201 Å². The number of esters is 1. The number of benzene rings is 1. The van der Waals surface area contributed by atoms with Crippen LogP contribution in [0.15, 0.2) is 29.6 Å². The molecule has 1 aromatic carbocycles. The van der Waals surface area contributed by atoms with Crippen molar-refractivity contribution >= 4 is 34.6 Å². The van der Waals surface area contributed by atoms with Gasteiger partial charge in [-0.1, -0.05) is 0 Å². The van der Waals surface area contributed by atoms with Crippen molar-refractivity contribution in [2.24, 2.45) is 0 Å². The van der Waals surface area contributed by atoms with Crippen LogP contribution in [0.1, 0.15) is 54.5 Å². The lowest BCUT2D eigenvalue weighted by atomic mass is 10.1. The van der Waals surface area contributed by atoms with Gasteiger partial charge < -0.3 is 19.5 Å². The molecule has 33 heavy (non-hydrogen) atoms. The second kappa shape index (κ2) is 11.3. The molecule has 0 fully saturated rings. The molecule has 3 aromatic rings. The van der Waals surface area contributed by atoms with Crippen molar-refractivity contribution in [2.45, 2.75) is 40.2 Å². The highest BCUT2D eigenvalue weighted by Crippen LogP contribution is 2.29. The molecule has 0 aliphatic carbocycles. The molecule has 1 N–H and O–H groups in total. The summed E-state index contributed by atoms with van der Waals surface area (Å²) in [4.78, 5) is 34.0. The van der Waals surface area contributed by atoms with Crippen LogP contribution in [-0.4, -0.2) is 47.1 Å². The Morgan fingerprint density at radius 1 is 1.21 bits per heavy atom. The number of aromatic nitrogens is 1. The van der Waals surface area contributed by atoms with Gasteiger partial charge in [0.2, 0.25) is 0 Å². The van der Waals surface area contributed by atoms with E-state index in [0.717, 1.165) is 12.8 Å². The first-order chi connectivity index (χ1) is 15.8. The van der Waals surface area contributed by atoms with E-state index in [1.165, 1.54) is 34.3 Å². The molecule has 0 saturated heterocycles. The lowest BCUT2D eigenvalue weighted by Gasteiger charge is -2.22. The van der Waals surface area contributed by atoms with Crippen molar-refractivity contribution in [3.8, 4) is 11.5 Å². The van der Waals surface area contributed by atoms with Crippen molar-refractivity contribution in [3.63, 3.8) is 0 Å². The molecular weight excluding hydrogens is 460 g/mol. The second-order valence-electron chi connectivity index (χ2n) is 7.51. The number of nitrogens with zero attached hydrogens (tertiary/aromatic N) is 2. The van der Waals surface area contributed by atoms with E-state index in [1.54, 1.807) is 41.5 Å². The predicted molar refractivity (Wildman–Crippen MR) is 130 cm³/mol. The highest BCUT2D eigenvalue weighted by atomic mass is 32.1. The summed E-state index contributed by atoms with van der Waals surface area (Å²) in [6, 6.07) is 7.30. The van der Waals surface area contributed by atoms with Crippen molar-refractivity contribution in [1.82, 2.24) is 9.88 Å². The van der Waals surface area contributed by atoms with Gasteiger partial charge >= 0.3 is 5.97 Å². The molecule has 0 spiro atoms. The summed E-state index contributed by atoms with van der Waals surface area (Å²) >= 11 is 3.07. The maximum atomic E-state index is 13.4. The molecule has 1 amide bonds. The normalized spacial score (nSPS) is 10.8. The number of ether oxygens (including phenoxy) is 2. The van der Waals surface area contributed by atoms with Gasteiger partial charge in [0.15, 0.2) is 5.69 Å². The number of thiazole rings is 1. The summed E-state index contributed by atoms with van der Waals surface area (Å²) in [5, 5.41) is 12.5. The van der Waals surface area contributed by atoms with E-state index in [0.29, 0.717) is 28.4 Å². The number of carbonyl (C=O) groups is 2. The first-order valence-corrected chi connectivity index (χ1v) is 12.4. The number of aromatic hydroxyl groups is 1. The molecule has 0 aliphatic heterocycles. The van der Waals surface area contributed by atoms with E-state index < -0.39 is 5.97 Å². The number of aryl methyl sites for hydroxylation is 2. The van der Waals surface area contributed by atoms with Crippen molar-refractivity contribution < 1.29 is 24.2 Å². The van der Waals surface area contributed by atoms with Gasteiger partial charge in [0.1, 0.15) is 16.5 Å². The van der Waals surface area contributed by atoms with E-state index in [2.05, 4.69) is 24.0 Å². The zero-order chi connectivity index (χ0) is 24.0. The lowest BCUT2D eigenvalue weighted by molar-refractivity contribution is 0.0520. The number of methoxy groups -OCH3 is 1. The zero-order valence-corrected chi connectivity index (χ0v) is 20.8. The van der Waals surface area contributed by atoms with Gasteiger partial charge in [-0.05, 0) is 57.9 Å². The van der Waals surface area contributed by atoms with E-state index >= 15 is 0 Å². The van der Waals surface area contributed by atoms with Crippen molar-refractivity contribution in [3.05, 3.63) is 61.2 Å². The van der Waals surface area contributed by atoms with Gasteiger partial charge in [-0.15, -0.1) is 22.7 Å². The molecule has 0 aliphatic rings. The van der Waals surface area contributed by atoms with E-state index in [4.69, 9.17) is 9.47 Å². The molecule has 0 saturated carbocycles. The van der Waals surface area contributed by atoms with Crippen LogP contribution in [0.3, 0.4) is 0 Å².